The minimum absolute atomic E-state index is 0.0347. The van der Waals surface area contributed by atoms with E-state index in [1.807, 2.05) is 0 Å². The van der Waals surface area contributed by atoms with E-state index >= 15 is 0 Å². The maximum atomic E-state index is 6.47. The van der Waals surface area contributed by atoms with Gasteiger partial charge in [-0.3, -0.25) is 0 Å². The van der Waals surface area contributed by atoms with E-state index in [2.05, 4.69) is 41.5 Å². The SMILES string of the molecule is CCCC(C)(Cl)C(C)C(C)(C)C. The third kappa shape index (κ3) is 3.35. The maximum Gasteiger partial charge on any atom is 0.0449 e. The van der Waals surface area contributed by atoms with Crippen LogP contribution in [0.25, 0.3) is 0 Å². The molecule has 0 amide bonds. The fourth-order valence-corrected chi connectivity index (χ4v) is 2.12. The molecule has 0 spiro atoms. The quantitative estimate of drug-likeness (QED) is 0.577. The molecule has 2 unspecified atom stereocenters. The fourth-order valence-electron chi connectivity index (χ4n) is 1.61. The third-order valence-electron chi connectivity index (χ3n) is 2.94. The summed E-state index contributed by atoms with van der Waals surface area (Å²) < 4.78 is 0. The van der Waals surface area contributed by atoms with Crippen molar-refractivity contribution in [3.63, 3.8) is 0 Å². The molecule has 0 aromatic heterocycles. The van der Waals surface area contributed by atoms with Crippen molar-refractivity contribution in [1.29, 1.82) is 0 Å². The molecule has 74 valence electrons. The molecular weight excluding hydrogens is 168 g/mol. The Bertz CT molecular complexity index is 130. The van der Waals surface area contributed by atoms with Crippen molar-refractivity contribution in [1.82, 2.24) is 0 Å². The number of hydrogen-bond donors (Lipinski definition) is 0. The van der Waals surface area contributed by atoms with Gasteiger partial charge in [0.15, 0.2) is 0 Å². The van der Waals surface area contributed by atoms with Crippen molar-refractivity contribution in [2.45, 2.75) is 59.3 Å². The molecule has 0 aliphatic rings. The van der Waals surface area contributed by atoms with Crippen LogP contribution in [0.3, 0.4) is 0 Å². The second-order valence-electron chi connectivity index (χ2n) is 5.12. The summed E-state index contributed by atoms with van der Waals surface area (Å²) in [6, 6.07) is 0. The molecular formula is C11H23Cl. The second-order valence-corrected chi connectivity index (χ2v) is 5.98. The van der Waals surface area contributed by atoms with E-state index < -0.39 is 0 Å². The van der Waals surface area contributed by atoms with Crippen LogP contribution < -0.4 is 0 Å². The first-order chi connectivity index (χ1) is 5.22. The van der Waals surface area contributed by atoms with Crippen molar-refractivity contribution >= 4 is 11.6 Å². The molecule has 0 aliphatic heterocycles. The molecule has 0 aromatic carbocycles. The van der Waals surface area contributed by atoms with Gasteiger partial charge in [0.05, 0.1) is 0 Å². The smallest absolute Gasteiger partial charge is 0.0449 e. The molecule has 0 aliphatic carbocycles. The molecule has 0 heterocycles. The van der Waals surface area contributed by atoms with Crippen LogP contribution in [0.2, 0.25) is 0 Å². The molecule has 0 N–H and O–H groups in total. The van der Waals surface area contributed by atoms with Crippen molar-refractivity contribution in [2.24, 2.45) is 11.3 Å². The summed E-state index contributed by atoms with van der Waals surface area (Å²) in [5.41, 5.74) is 0.311. The fraction of sp³-hybridized carbons (Fsp3) is 1.00. The number of rotatable bonds is 3. The first-order valence-corrected chi connectivity index (χ1v) is 5.28. The van der Waals surface area contributed by atoms with Crippen LogP contribution >= 0.6 is 11.6 Å². The van der Waals surface area contributed by atoms with E-state index in [0.29, 0.717) is 11.3 Å². The summed E-state index contributed by atoms with van der Waals surface area (Å²) in [6.45, 7) is 13.4. The summed E-state index contributed by atoms with van der Waals surface area (Å²) in [7, 11) is 0. The lowest BCUT2D eigenvalue weighted by atomic mass is 9.73. The van der Waals surface area contributed by atoms with Gasteiger partial charge in [0.2, 0.25) is 0 Å². The van der Waals surface area contributed by atoms with Crippen LogP contribution in [0, 0.1) is 11.3 Å². The van der Waals surface area contributed by atoms with E-state index in [4.69, 9.17) is 11.6 Å². The van der Waals surface area contributed by atoms with Crippen LogP contribution in [0.5, 0.6) is 0 Å². The summed E-state index contributed by atoms with van der Waals surface area (Å²) >= 11 is 6.47. The van der Waals surface area contributed by atoms with Gasteiger partial charge in [-0.1, -0.05) is 41.0 Å². The second kappa shape index (κ2) is 4.00. The number of hydrogen-bond acceptors (Lipinski definition) is 0. The van der Waals surface area contributed by atoms with Crippen LogP contribution in [0.1, 0.15) is 54.4 Å². The monoisotopic (exact) mass is 190 g/mol. The molecule has 12 heavy (non-hydrogen) atoms. The minimum atomic E-state index is -0.0347. The maximum absolute atomic E-state index is 6.47. The number of halogens is 1. The summed E-state index contributed by atoms with van der Waals surface area (Å²) in [4.78, 5) is -0.0347. The zero-order valence-electron chi connectivity index (χ0n) is 9.37. The number of alkyl halides is 1. The minimum Gasteiger partial charge on any atom is -0.119 e. The molecule has 2 atom stereocenters. The highest BCUT2D eigenvalue weighted by Gasteiger charge is 2.35. The van der Waals surface area contributed by atoms with Gasteiger partial charge in [-0.05, 0) is 24.7 Å². The first-order valence-electron chi connectivity index (χ1n) is 4.90. The highest BCUT2D eigenvalue weighted by atomic mass is 35.5. The Kier molecular flexibility index (Phi) is 4.10. The standard InChI is InChI=1S/C11H23Cl/c1-7-8-11(6,12)9(2)10(3,4)5/h9H,7-8H2,1-6H3. The lowest BCUT2D eigenvalue weighted by molar-refractivity contribution is 0.198. The Morgan fingerprint density at radius 2 is 1.58 bits per heavy atom. The molecule has 0 bridgehead atoms. The summed E-state index contributed by atoms with van der Waals surface area (Å²) in [5, 5.41) is 0. The average Bonchev–Trinajstić information content (AvgIpc) is 1.84. The molecule has 1 heteroatoms. The average molecular weight is 191 g/mol. The zero-order valence-corrected chi connectivity index (χ0v) is 10.1. The topological polar surface area (TPSA) is 0 Å². The van der Waals surface area contributed by atoms with Gasteiger partial charge < -0.3 is 0 Å². The molecule has 0 aromatic rings. The summed E-state index contributed by atoms with van der Waals surface area (Å²) in [6.07, 6.45) is 2.27. The van der Waals surface area contributed by atoms with E-state index in [1.165, 1.54) is 6.42 Å². The van der Waals surface area contributed by atoms with Gasteiger partial charge in [0.1, 0.15) is 0 Å². The van der Waals surface area contributed by atoms with Crippen molar-refractivity contribution in [3.8, 4) is 0 Å². The molecule has 0 fully saturated rings. The predicted molar refractivity (Wildman–Crippen MR) is 57.8 cm³/mol. The predicted octanol–water partition coefficient (Wildman–Crippen LogP) is 4.47. The van der Waals surface area contributed by atoms with Gasteiger partial charge in [-0.15, -0.1) is 11.6 Å². The lowest BCUT2D eigenvalue weighted by Crippen LogP contribution is -2.35. The van der Waals surface area contributed by atoms with Crippen molar-refractivity contribution < 1.29 is 0 Å². The van der Waals surface area contributed by atoms with Gasteiger partial charge in [-0.25, -0.2) is 0 Å². The largest absolute Gasteiger partial charge is 0.119 e. The van der Waals surface area contributed by atoms with Crippen LogP contribution in [0.15, 0.2) is 0 Å². The van der Waals surface area contributed by atoms with E-state index in [-0.39, 0.29) is 4.87 Å². The Morgan fingerprint density at radius 1 is 1.17 bits per heavy atom. The molecule has 0 saturated heterocycles. The molecule has 0 saturated carbocycles. The van der Waals surface area contributed by atoms with Crippen molar-refractivity contribution in [2.75, 3.05) is 0 Å². The van der Waals surface area contributed by atoms with Crippen LogP contribution in [0.4, 0.5) is 0 Å². The van der Waals surface area contributed by atoms with Gasteiger partial charge in [0, 0.05) is 4.87 Å². The highest BCUT2D eigenvalue weighted by molar-refractivity contribution is 6.23. The van der Waals surface area contributed by atoms with Gasteiger partial charge in [-0.2, -0.15) is 0 Å². The van der Waals surface area contributed by atoms with E-state index in [1.54, 1.807) is 0 Å². The van der Waals surface area contributed by atoms with Gasteiger partial charge in [0.25, 0.3) is 0 Å². The first kappa shape index (κ1) is 12.3. The Morgan fingerprint density at radius 3 is 1.83 bits per heavy atom. The highest BCUT2D eigenvalue weighted by Crippen LogP contribution is 2.40. The third-order valence-corrected chi connectivity index (χ3v) is 3.46. The Balaban J connectivity index is 4.34. The van der Waals surface area contributed by atoms with Crippen LogP contribution in [-0.2, 0) is 0 Å². The molecule has 0 rings (SSSR count). The van der Waals surface area contributed by atoms with Crippen molar-refractivity contribution in [3.05, 3.63) is 0 Å². The Hall–Kier alpha value is 0.290. The van der Waals surface area contributed by atoms with E-state index in [0.717, 1.165) is 6.42 Å². The zero-order chi connectivity index (χ0) is 9.99. The normalized spacial score (nSPS) is 20.2. The van der Waals surface area contributed by atoms with Crippen LogP contribution in [-0.4, -0.2) is 4.87 Å². The van der Waals surface area contributed by atoms with Gasteiger partial charge >= 0.3 is 0 Å². The summed E-state index contributed by atoms with van der Waals surface area (Å²) in [5.74, 6) is 0.548. The molecule has 0 nitrogen and oxygen atoms in total. The lowest BCUT2D eigenvalue weighted by Gasteiger charge is -2.38. The molecule has 0 radical (unpaired) electrons. The Labute approximate surface area is 82.7 Å². The van der Waals surface area contributed by atoms with E-state index in [9.17, 15) is 0 Å².